The molecule has 0 radical (unpaired) electrons. The van der Waals surface area contributed by atoms with Crippen LogP contribution in [0.1, 0.15) is 32.0 Å². The summed E-state index contributed by atoms with van der Waals surface area (Å²) in [6, 6.07) is 21.1. The fourth-order valence-corrected chi connectivity index (χ4v) is 3.20. The molecular formula is C24H17BrN2O4. The summed E-state index contributed by atoms with van der Waals surface area (Å²) in [4.78, 5) is 24.4. The van der Waals surface area contributed by atoms with Gasteiger partial charge < -0.3 is 9.15 Å². The van der Waals surface area contributed by atoms with Crippen molar-refractivity contribution in [2.75, 3.05) is 0 Å². The maximum atomic E-state index is 12.2. The van der Waals surface area contributed by atoms with Gasteiger partial charge >= 0.3 is 11.9 Å². The smallest absolute Gasteiger partial charge is 0.343 e. The first-order valence-electron chi connectivity index (χ1n) is 9.39. The van der Waals surface area contributed by atoms with E-state index in [4.69, 9.17) is 9.15 Å². The van der Waals surface area contributed by atoms with Gasteiger partial charge in [0.1, 0.15) is 11.3 Å². The molecule has 0 aliphatic rings. The third-order valence-corrected chi connectivity index (χ3v) is 4.95. The van der Waals surface area contributed by atoms with Crippen molar-refractivity contribution in [3.05, 3.63) is 99.7 Å². The third-order valence-electron chi connectivity index (χ3n) is 4.46. The van der Waals surface area contributed by atoms with Gasteiger partial charge in [-0.15, -0.1) is 0 Å². The lowest BCUT2D eigenvalue weighted by atomic mass is 10.1. The fourth-order valence-electron chi connectivity index (χ4n) is 2.82. The Kier molecular flexibility index (Phi) is 5.95. The number of nitrogens with zero attached hydrogens (tertiary/aromatic N) is 1. The lowest BCUT2D eigenvalue weighted by Crippen LogP contribution is -2.16. The van der Waals surface area contributed by atoms with Crippen molar-refractivity contribution in [1.82, 2.24) is 5.43 Å². The van der Waals surface area contributed by atoms with Crippen LogP contribution in [0.2, 0.25) is 0 Å². The fraction of sp³-hybridized carbons (Fsp3) is 0.0417. The minimum Gasteiger partial charge on any atom is -0.451 e. The van der Waals surface area contributed by atoms with Crippen molar-refractivity contribution in [2.45, 2.75) is 6.92 Å². The van der Waals surface area contributed by atoms with Gasteiger partial charge in [-0.3, -0.25) is 4.79 Å². The molecule has 1 N–H and O–H groups in total. The summed E-state index contributed by atoms with van der Waals surface area (Å²) < 4.78 is 11.8. The minimum atomic E-state index is -0.452. The molecular weight excluding hydrogens is 460 g/mol. The van der Waals surface area contributed by atoms with Gasteiger partial charge in [0.05, 0.1) is 11.8 Å². The van der Waals surface area contributed by atoms with Gasteiger partial charge in [0, 0.05) is 9.86 Å². The SMILES string of the molecule is Cc1ccc(C(=O)Oc2ccc(/C=N\NC(=O)c3cc4cc(Br)ccc4o3)cc2)cc1. The lowest BCUT2D eigenvalue weighted by molar-refractivity contribution is 0.0734. The molecule has 154 valence electrons. The number of hydrogen-bond acceptors (Lipinski definition) is 5. The lowest BCUT2D eigenvalue weighted by Gasteiger charge is -2.05. The summed E-state index contributed by atoms with van der Waals surface area (Å²) in [5.74, 6) is -0.289. The molecule has 0 fully saturated rings. The molecule has 3 aromatic carbocycles. The molecule has 0 unspecified atom stereocenters. The van der Waals surface area contributed by atoms with Crippen molar-refractivity contribution < 1.29 is 18.7 Å². The van der Waals surface area contributed by atoms with E-state index in [2.05, 4.69) is 26.5 Å². The number of ether oxygens (including phenoxy) is 1. The number of furan rings is 1. The molecule has 1 heterocycles. The van der Waals surface area contributed by atoms with E-state index >= 15 is 0 Å². The molecule has 1 amide bonds. The summed E-state index contributed by atoms with van der Waals surface area (Å²) in [6.45, 7) is 1.95. The summed E-state index contributed by atoms with van der Waals surface area (Å²) in [5.41, 5.74) is 5.33. The van der Waals surface area contributed by atoms with Crippen LogP contribution in [0, 0.1) is 6.92 Å². The molecule has 7 heteroatoms. The number of carbonyl (C=O) groups is 2. The van der Waals surface area contributed by atoms with E-state index in [-0.39, 0.29) is 5.76 Å². The van der Waals surface area contributed by atoms with E-state index in [1.807, 2.05) is 31.2 Å². The predicted molar refractivity (Wildman–Crippen MR) is 122 cm³/mol. The van der Waals surface area contributed by atoms with Crippen LogP contribution in [-0.2, 0) is 0 Å². The number of carbonyl (C=O) groups excluding carboxylic acids is 2. The zero-order valence-electron chi connectivity index (χ0n) is 16.5. The second-order valence-corrected chi connectivity index (χ2v) is 7.73. The number of nitrogens with one attached hydrogen (secondary N) is 1. The first-order valence-corrected chi connectivity index (χ1v) is 10.2. The Morgan fingerprint density at radius 3 is 2.48 bits per heavy atom. The normalized spacial score (nSPS) is 11.0. The molecule has 1 aromatic heterocycles. The van der Waals surface area contributed by atoms with Gasteiger partial charge in [-0.2, -0.15) is 5.10 Å². The number of esters is 1. The highest BCUT2D eigenvalue weighted by Gasteiger charge is 2.12. The molecule has 0 saturated heterocycles. The third kappa shape index (κ3) is 5.07. The number of amides is 1. The van der Waals surface area contributed by atoms with Gasteiger partial charge in [-0.25, -0.2) is 10.2 Å². The summed E-state index contributed by atoms with van der Waals surface area (Å²) in [5, 5.41) is 4.77. The Balaban J connectivity index is 1.35. The molecule has 6 nitrogen and oxygen atoms in total. The van der Waals surface area contributed by atoms with Crippen LogP contribution in [0.4, 0.5) is 0 Å². The molecule has 0 aliphatic heterocycles. The zero-order valence-corrected chi connectivity index (χ0v) is 18.0. The van der Waals surface area contributed by atoms with E-state index in [0.717, 1.165) is 21.0 Å². The van der Waals surface area contributed by atoms with Crippen molar-refractivity contribution in [3.63, 3.8) is 0 Å². The number of rotatable bonds is 5. The maximum absolute atomic E-state index is 12.2. The van der Waals surface area contributed by atoms with Gasteiger partial charge in [-0.05, 0) is 73.2 Å². The van der Waals surface area contributed by atoms with Crippen molar-refractivity contribution in [2.24, 2.45) is 5.10 Å². The Hall–Kier alpha value is -3.71. The molecule has 0 bridgehead atoms. The first kappa shape index (κ1) is 20.6. The number of aryl methyl sites for hydroxylation is 1. The Labute approximate surface area is 186 Å². The van der Waals surface area contributed by atoms with Gasteiger partial charge in [0.25, 0.3) is 0 Å². The minimum absolute atomic E-state index is 0.170. The van der Waals surface area contributed by atoms with Crippen LogP contribution in [0.15, 0.2) is 86.8 Å². The molecule has 0 saturated carbocycles. The number of benzene rings is 3. The average molecular weight is 477 g/mol. The van der Waals surface area contributed by atoms with Crippen LogP contribution in [0.25, 0.3) is 11.0 Å². The molecule has 0 atom stereocenters. The maximum Gasteiger partial charge on any atom is 0.343 e. The molecule has 4 rings (SSSR count). The summed E-state index contributed by atoms with van der Waals surface area (Å²) >= 11 is 3.39. The number of hydrazone groups is 1. The van der Waals surface area contributed by atoms with Crippen LogP contribution >= 0.6 is 15.9 Å². The van der Waals surface area contributed by atoms with Crippen molar-refractivity contribution in [3.8, 4) is 5.75 Å². The molecule has 31 heavy (non-hydrogen) atoms. The highest BCUT2D eigenvalue weighted by molar-refractivity contribution is 9.10. The largest absolute Gasteiger partial charge is 0.451 e. The number of fused-ring (bicyclic) bond motifs is 1. The van der Waals surface area contributed by atoms with Crippen LogP contribution in [0.3, 0.4) is 0 Å². The van der Waals surface area contributed by atoms with Crippen LogP contribution < -0.4 is 10.2 Å². The van der Waals surface area contributed by atoms with Gasteiger partial charge in [-0.1, -0.05) is 33.6 Å². The first-order chi connectivity index (χ1) is 15.0. The standard InChI is InChI=1S/C24H17BrN2O4/c1-15-2-6-17(7-3-15)24(29)30-20-9-4-16(5-10-20)14-26-27-23(28)22-13-18-12-19(25)8-11-21(18)31-22/h2-14H,1H3,(H,27,28)/b26-14-. The Morgan fingerprint density at radius 1 is 1.00 bits per heavy atom. The van der Waals surface area contributed by atoms with E-state index in [1.54, 1.807) is 48.5 Å². The molecule has 4 aromatic rings. The van der Waals surface area contributed by atoms with Gasteiger partial charge in [0.2, 0.25) is 0 Å². The van der Waals surface area contributed by atoms with Gasteiger partial charge in [0.15, 0.2) is 5.76 Å². The van der Waals surface area contributed by atoms with Crippen molar-refractivity contribution in [1.29, 1.82) is 0 Å². The van der Waals surface area contributed by atoms with E-state index in [1.165, 1.54) is 6.21 Å². The van der Waals surface area contributed by atoms with Crippen molar-refractivity contribution >= 4 is 45.0 Å². The highest BCUT2D eigenvalue weighted by Crippen LogP contribution is 2.23. The predicted octanol–water partition coefficient (Wildman–Crippen LogP) is 5.49. The second-order valence-electron chi connectivity index (χ2n) is 6.82. The Morgan fingerprint density at radius 2 is 1.74 bits per heavy atom. The van der Waals surface area contributed by atoms with Crippen LogP contribution in [0.5, 0.6) is 5.75 Å². The topological polar surface area (TPSA) is 80.9 Å². The summed E-state index contributed by atoms with van der Waals surface area (Å²) in [6.07, 6.45) is 1.49. The average Bonchev–Trinajstić information content (AvgIpc) is 3.18. The Bertz CT molecular complexity index is 1280. The molecule has 0 spiro atoms. The number of halogens is 1. The quantitative estimate of drug-likeness (QED) is 0.179. The molecule has 0 aliphatic carbocycles. The van der Waals surface area contributed by atoms with E-state index in [9.17, 15) is 9.59 Å². The zero-order chi connectivity index (χ0) is 21.8. The van der Waals surface area contributed by atoms with E-state index < -0.39 is 11.9 Å². The van der Waals surface area contributed by atoms with Crippen LogP contribution in [-0.4, -0.2) is 18.1 Å². The monoisotopic (exact) mass is 476 g/mol. The highest BCUT2D eigenvalue weighted by atomic mass is 79.9. The number of hydrogen-bond donors (Lipinski definition) is 1. The summed E-state index contributed by atoms with van der Waals surface area (Å²) in [7, 11) is 0. The second kappa shape index (κ2) is 8.97. The van der Waals surface area contributed by atoms with E-state index in [0.29, 0.717) is 16.9 Å².